The van der Waals surface area contributed by atoms with Crippen molar-refractivity contribution in [2.45, 2.75) is 6.92 Å². The van der Waals surface area contributed by atoms with Gasteiger partial charge in [0.05, 0.1) is 0 Å². The number of hydrogen-bond donors (Lipinski definition) is 1. The van der Waals surface area contributed by atoms with Crippen LogP contribution in [-0.2, 0) is 0 Å². The fraction of sp³-hybridized carbons (Fsp3) is 0.286. The van der Waals surface area contributed by atoms with E-state index in [4.69, 9.17) is 0 Å². The number of hydrogen-bond acceptors (Lipinski definition) is 2. The summed E-state index contributed by atoms with van der Waals surface area (Å²) in [7, 11) is 0. The van der Waals surface area contributed by atoms with Crippen LogP contribution in [0.3, 0.4) is 0 Å². The van der Waals surface area contributed by atoms with Crippen LogP contribution in [0.4, 0.5) is 5.69 Å². The highest BCUT2D eigenvalue weighted by atomic mass is 79.9. The molecule has 0 fully saturated rings. The van der Waals surface area contributed by atoms with Crippen LogP contribution in [0.2, 0.25) is 0 Å². The molecule has 0 saturated carbocycles. The molecule has 0 atom stereocenters. The molecule has 1 N–H and O–H groups in total. The molecule has 0 aliphatic rings. The third-order valence-electron chi connectivity index (χ3n) is 2.64. The van der Waals surface area contributed by atoms with E-state index in [-0.39, 0.29) is 0 Å². The number of benzene rings is 2. The van der Waals surface area contributed by atoms with Crippen molar-refractivity contribution in [3.05, 3.63) is 40.9 Å². The smallest absolute Gasteiger partial charge is 0.0420 e. The maximum absolute atomic E-state index is 3.59. The van der Waals surface area contributed by atoms with Crippen LogP contribution in [0, 0.1) is 0 Å². The Hall–Kier alpha value is -0.670. The molecular weight excluding hydrogens is 294 g/mol. The zero-order chi connectivity index (χ0) is 12.1. The van der Waals surface area contributed by atoms with Gasteiger partial charge in [0.25, 0.3) is 0 Å². The fourth-order valence-electron chi connectivity index (χ4n) is 1.82. The van der Waals surface area contributed by atoms with Crippen molar-refractivity contribution in [2.24, 2.45) is 0 Å². The molecule has 0 amide bonds. The van der Waals surface area contributed by atoms with Crippen LogP contribution < -0.4 is 5.32 Å². The highest BCUT2D eigenvalue weighted by Gasteiger charge is 2.02. The van der Waals surface area contributed by atoms with Gasteiger partial charge in [-0.15, -0.1) is 0 Å². The van der Waals surface area contributed by atoms with Gasteiger partial charge in [-0.3, -0.25) is 0 Å². The minimum atomic E-state index is 1.02. The van der Waals surface area contributed by atoms with Crippen LogP contribution >= 0.6 is 27.7 Å². The predicted octanol–water partition coefficient (Wildman–Crippen LogP) is 4.77. The Morgan fingerprint density at radius 3 is 2.65 bits per heavy atom. The maximum Gasteiger partial charge on any atom is 0.0420 e. The molecule has 0 saturated heterocycles. The average Bonchev–Trinajstić information content (AvgIpc) is 2.37. The molecule has 0 radical (unpaired) electrons. The van der Waals surface area contributed by atoms with Crippen LogP contribution in [0.1, 0.15) is 6.92 Å². The average molecular weight is 310 g/mol. The first-order valence-corrected chi connectivity index (χ1v) is 7.76. The number of rotatable bonds is 5. The SMILES string of the molecule is CCSCCNc1ccc(Br)c2ccccc12. The number of nitrogens with one attached hydrogen (secondary N) is 1. The minimum absolute atomic E-state index is 1.02. The lowest BCUT2D eigenvalue weighted by Crippen LogP contribution is -2.04. The molecule has 17 heavy (non-hydrogen) atoms. The van der Waals surface area contributed by atoms with E-state index in [1.807, 2.05) is 11.8 Å². The summed E-state index contributed by atoms with van der Waals surface area (Å²) in [6, 6.07) is 12.7. The monoisotopic (exact) mass is 309 g/mol. The molecule has 0 aliphatic carbocycles. The van der Waals surface area contributed by atoms with E-state index in [0.717, 1.165) is 16.8 Å². The van der Waals surface area contributed by atoms with Crippen LogP contribution in [0.15, 0.2) is 40.9 Å². The van der Waals surface area contributed by atoms with Crippen molar-refractivity contribution in [2.75, 3.05) is 23.4 Å². The topological polar surface area (TPSA) is 12.0 Å². The third kappa shape index (κ3) is 3.17. The van der Waals surface area contributed by atoms with Crippen molar-refractivity contribution in [3.63, 3.8) is 0 Å². The van der Waals surface area contributed by atoms with Gasteiger partial charge in [0.15, 0.2) is 0 Å². The Morgan fingerprint density at radius 1 is 1.12 bits per heavy atom. The second-order valence-electron chi connectivity index (χ2n) is 3.76. The summed E-state index contributed by atoms with van der Waals surface area (Å²) < 4.78 is 1.15. The van der Waals surface area contributed by atoms with Crippen molar-refractivity contribution in [1.82, 2.24) is 0 Å². The van der Waals surface area contributed by atoms with Gasteiger partial charge in [-0.05, 0) is 23.3 Å². The molecule has 0 spiro atoms. The number of thioether (sulfide) groups is 1. The van der Waals surface area contributed by atoms with Crippen molar-refractivity contribution < 1.29 is 0 Å². The Morgan fingerprint density at radius 2 is 1.88 bits per heavy atom. The Labute approximate surface area is 115 Å². The van der Waals surface area contributed by atoms with E-state index in [1.165, 1.54) is 22.2 Å². The van der Waals surface area contributed by atoms with Gasteiger partial charge in [-0.25, -0.2) is 0 Å². The highest BCUT2D eigenvalue weighted by molar-refractivity contribution is 9.10. The largest absolute Gasteiger partial charge is 0.384 e. The Kier molecular flexibility index (Phi) is 4.75. The van der Waals surface area contributed by atoms with E-state index in [1.54, 1.807) is 0 Å². The molecule has 2 rings (SSSR count). The van der Waals surface area contributed by atoms with Gasteiger partial charge < -0.3 is 5.32 Å². The summed E-state index contributed by atoms with van der Waals surface area (Å²) in [4.78, 5) is 0. The van der Waals surface area contributed by atoms with Gasteiger partial charge in [-0.2, -0.15) is 11.8 Å². The standard InChI is InChI=1S/C14H16BrNS/c1-2-17-10-9-16-14-8-7-13(15)11-5-3-4-6-12(11)14/h3-8,16H,2,9-10H2,1H3. The molecule has 0 aliphatic heterocycles. The summed E-state index contributed by atoms with van der Waals surface area (Å²) in [6.07, 6.45) is 0. The summed E-state index contributed by atoms with van der Waals surface area (Å²) in [6.45, 7) is 3.21. The second kappa shape index (κ2) is 6.31. The minimum Gasteiger partial charge on any atom is -0.384 e. The summed E-state index contributed by atoms with van der Waals surface area (Å²) in [5, 5.41) is 6.05. The summed E-state index contributed by atoms with van der Waals surface area (Å²) >= 11 is 5.56. The lowest BCUT2D eigenvalue weighted by molar-refractivity contribution is 1.23. The second-order valence-corrected chi connectivity index (χ2v) is 6.01. The molecule has 2 aromatic carbocycles. The van der Waals surface area contributed by atoms with Gasteiger partial charge in [-0.1, -0.05) is 47.1 Å². The lowest BCUT2D eigenvalue weighted by atomic mass is 10.1. The molecule has 2 aromatic rings. The molecule has 0 heterocycles. The maximum atomic E-state index is 3.59. The van der Waals surface area contributed by atoms with Crippen LogP contribution in [0.5, 0.6) is 0 Å². The molecule has 3 heteroatoms. The number of anilines is 1. The van der Waals surface area contributed by atoms with Gasteiger partial charge >= 0.3 is 0 Å². The molecule has 0 bridgehead atoms. The van der Waals surface area contributed by atoms with Crippen molar-refractivity contribution in [3.8, 4) is 0 Å². The van der Waals surface area contributed by atoms with Crippen molar-refractivity contribution >= 4 is 44.2 Å². The number of fused-ring (bicyclic) bond motifs is 1. The highest BCUT2D eigenvalue weighted by Crippen LogP contribution is 2.29. The predicted molar refractivity (Wildman–Crippen MR) is 83.1 cm³/mol. The van der Waals surface area contributed by atoms with Gasteiger partial charge in [0.1, 0.15) is 0 Å². The van der Waals surface area contributed by atoms with Crippen molar-refractivity contribution in [1.29, 1.82) is 0 Å². The van der Waals surface area contributed by atoms with E-state index >= 15 is 0 Å². The molecular formula is C14H16BrNS. The molecule has 1 nitrogen and oxygen atoms in total. The Balaban J connectivity index is 2.20. The van der Waals surface area contributed by atoms with E-state index in [0.29, 0.717) is 0 Å². The van der Waals surface area contributed by atoms with Crippen LogP contribution in [-0.4, -0.2) is 18.1 Å². The first-order valence-electron chi connectivity index (χ1n) is 5.82. The lowest BCUT2D eigenvalue weighted by Gasteiger charge is -2.10. The first-order chi connectivity index (χ1) is 8.33. The van der Waals surface area contributed by atoms with Crippen LogP contribution in [0.25, 0.3) is 10.8 Å². The molecule has 0 aromatic heterocycles. The summed E-state index contributed by atoms with van der Waals surface area (Å²) in [5.41, 5.74) is 1.22. The molecule has 0 unspecified atom stereocenters. The van der Waals surface area contributed by atoms with E-state index in [9.17, 15) is 0 Å². The zero-order valence-electron chi connectivity index (χ0n) is 9.87. The van der Waals surface area contributed by atoms with Gasteiger partial charge in [0.2, 0.25) is 0 Å². The zero-order valence-corrected chi connectivity index (χ0v) is 12.3. The van der Waals surface area contributed by atoms with E-state index < -0.39 is 0 Å². The Bertz CT molecular complexity index is 499. The molecule has 90 valence electrons. The summed E-state index contributed by atoms with van der Waals surface area (Å²) in [5.74, 6) is 2.34. The van der Waals surface area contributed by atoms with Gasteiger partial charge in [0, 0.05) is 27.8 Å². The fourth-order valence-corrected chi connectivity index (χ4v) is 2.83. The normalized spacial score (nSPS) is 10.7. The van der Waals surface area contributed by atoms with E-state index in [2.05, 4.69) is 64.6 Å². The number of halogens is 1. The first kappa shape index (κ1) is 12.8. The third-order valence-corrected chi connectivity index (χ3v) is 4.23. The quantitative estimate of drug-likeness (QED) is 0.799.